The molecule has 0 spiro atoms. The number of hydrogen-bond donors (Lipinski definition) is 1. The zero-order valence-corrected chi connectivity index (χ0v) is 15.4. The molecule has 7 heteroatoms. The van der Waals surface area contributed by atoms with Crippen molar-refractivity contribution in [1.29, 1.82) is 0 Å². The summed E-state index contributed by atoms with van der Waals surface area (Å²) in [7, 11) is 0. The first-order valence-corrected chi connectivity index (χ1v) is 9.82. The van der Waals surface area contributed by atoms with Crippen LogP contribution in [0.25, 0.3) is 0 Å². The quantitative estimate of drug-likeness (QED) is 0.845. The van der Waals surface area contributed by atoms with Crippen molar-refractivity contribution >= 4 is 34.0 Å². The highest BCUT2D eigenvalue weighted by Crippen LogP contribution is 2.41. The van der Waals surface area contributed by atoms with Crippen LogP contribution in [0.15, 0.2) is 29.6 Å². The molecule has 6 nitrogen and oxygen atoms in total. The minimum Gasteiger partial charge on any atom is -0.492 e. The maximum absolute atomic E-state index is 12.6. The fourth-order valence-corrected chi connectivity index (χ4v) is 3.99. The molecule has 1 saturated carbocycles. The van der Waals surface area contributed by atoms with Crippen molar-refractivity contribution in [2.75, 3.05) is 23.4 Å². The fraction of sp³-hybridized carbons (Fsp3) is 0.421. The number of nitrogens with one attached hydrogen (secondary N) is 1. The average molecular weight is 371 g/mol. The van der Waals surface area contributed by atoms with Crippen LogP contribution in [0.2, 0.25) is 0 Å². The van der Waals surface area contributed by atoms with Crippen LogP contribution in [-0.2, 0) is 9.59 Å². The Balaban J connectivity index is 1.44. The molecular weight excluding hydrogens is 350 g/mol. The zero-order chi connectivity index (χ0) is 18.1. The van der Waals surface area contributed by atoms with Gasteiger partial charge in [-0.25, -0.2) is 4.98 Å². The van der Waals surface area contributed by atoms with Crippen LogP contribution in [0.3, 0.4) is 0 Å². The summed E-state index contributed by atoms with van der Waals surface area (Å²) in [5, 5.41) is 5.51. The van der Waals surface area contributed by atoms with Crippen LogP contribution in [0.1, 0.15) is 37.8 Å². The minimum absolute atomic E-state index is 0.0601. The van der Waals surface area contributed by atoms with Crippen LogP contribution in [0, 0.1) is 5.92 Å². The Morgan fingerprint density at radius 2 is 2.19 bits per heavy atom. The number of aromatic nitrogens is 1. The summed E-state index contributed by atoms with van der Waals surface area (Å²) in [4.78, 5) is 31.2. The maximum Gasteiger partial charge on any atom is 0.231 e. The topological polar surface area (TPSA) is 71.5 Å². The number of rotatable bonds is 6. The summed E-state index contributed by atoms with van der Waals surface area (Å²) >= 11 is 1.45. The zero-order valence-electron chi connectivity index (χ0n) is 14.6. The first-order chi connectivity index (χ1) is 12.7. The molecule has 1 atom stereocenters. The molecule has 1 aromatic carbocycles. The van der Waals surface area contributed by atoms with E-state index < -0.39 is 0 Å². The molecular formula is C19H21N3O3S. The van der Waals surface area contributed by atoms with Crippen molar-refractivity contribution in [2.24, 2.45) is 5.92 Å². The van der Waals surface area contributed by atoms with E-state index in [0.29, 0.717) is 30.0 Å². The summed E-state index contributed by atoms with van der Waals surface area (Å²) in [5.74, 6) is 0.640. The number of benzene rings is 1. The lowest BCUT2D eigenvalue weighted by Crippen LogP contribution is -2.28. The fourth-order valence-electron chi connectivity index (χ4n) is 3.19. The van der Waals surface area contributed by atoms with Gasteiger partial charge in [-0.2, -0.15) is 0 Å². The van der Waals surface area contributed by atoms with Gasteiger partial charge in [0.15, 0.2) is 5.13 Å². The molecule has 2 heterocycles. The van der Waals surface area contributed by atoms with Crippen molar-refractivity contribution in [3.8, 4) is 5.75 Å². The van der Waals surface area contributed by atoms with Gasteiger partial charge in [0.2, 0.25) is 11.8 Å². The SMILES string of the molecule is CCOc1ccccc1N1CC(C(=O)Nc2nc(C3CC3)cs2)CC1=O. The molecule has 2 fully saturated rings. The molecule has 0 radical (unpaired) electrons. The number of hydrogen-bond acceptors (Lipinski definition) is 5. The van der Waals surface area contributed by atoms with Crippen LogP contribution in [-0.4, -0.2) is 29.9 Å². The second kappa shape index (κ2) is 7.07. The van der Waals surface area contributed by atoms with Crippen molar-refractivity contribution < 1.29 is 14.3 Å². The molecule has 4 rings (SSSR count). The molecule has 1 unspecified atom stereocenters. The van der Waals surface area contributed by atoms with Crippen LogP contribution in [0.5, 0.6) is 5.75 Å². The van der Waals surface area contributed by atoms with Gasteiger partial charge in [0, 0.05) is 24.3 Å². The number of nitrogens with zero attached hydrogens (tertiary/aromatic N) is 2. The van der Waals surface area contributed by atoms with Gasteiger partial charge in [-0.3, -0.25) is 9.59 Å². The van der Waals surface area contributed by atoms with E-state index in [2.05, 4.69) is 10.3 Å². The smallest absolute Gasteiger partial charge is 0.231 e. The van der Waals surface area contributed by atoms with E-state index in [9.17, 15) is 9.59 Å². The van der Waals surface area contributed by atoms with Gasteiger partial charge in [-0.15, -0.1) is 11.3 Å². The first kappa shape index (κ1) is 17.0. The van der Waals surface area contributed by atoms with Crippen molar-refractivity contribution in [2.45, 2.75) is 32.1 Å². The summed E-state index contributed by atoms with van der Waals surface area (Å²) in [6.45, 7) is 2.79. The third-order valence-corrected chi connectivity index (χ3v) is 5.48. The number of thiazole rings is 1. The normalized spacial score (nSPS) is 19.7. The molecule has 1 saturated heterocycles. The van der Waals surface area contributed by atoms with E-state index in [4.69, 9.17) is 4.74 Å². The highest BCUT2D eigenvalue weighted by atomic mass is 32.1. The van der Waals surface area contributed by atoms with Crippen LogP contribution >= 0.6 is 11.3 Å². The van der Waals surface area contributed by atoms with Crippen LogP contribution in [0.4, 0.5) is 10.8 Å². The molecule has 1 aliphatic carbocycles. The molecule has 2 aromatic rings. The van der Waals surface area contributed by atoms with E-state index in [1.54, 1.807) is 4.90 Å². The predicted octanol–water partition coefficient (Wildman–Crippen LogP) is 3.41. The molecule has 136 valence electrons. The van der Waals surface area contributed by atoms with Gasteiger partial charge >= 0.3 is 0 Å². The highest BCUT2D eigenvalue weighted by Gasteiger charge is 2.36. The van der Waals surface area contributed by atoms with E-state index in [0.717, 1.165) is 11.4 Å². The van der Waals surface area contributed by atoms with Gasteiger partial charge in [0.1, 0.15) is 5.75 Å². The van der Waals surface area contributed by atoms with E-state index in [-0.39, 0.29) is 24.2 Å². The second-order valence-electron chi connectivity index (χ2n) is 6.65. The Morgan fingerprint density at radius 1 is 1.38 bits per heavy atom. The Morgan fingerprint density at radius 3 is 2.96 bits per heavy atom. The van der Waals surface area contributed by atoms with E-state index in [1.165, 1.54) is 24.2 Å². The molecule has 1 aliphatic heterocycles. The van der Waals surface area contributed by atoms with Gasteiger partial charge in [0.25, 0.3) is 0 Å². The van der Waals surface area contributed by atoms with Gasteiger partial charge in [-0.05, 0) is 31.9 Å². The third-order valence-electron chi connectivity index (χ3n) is 4.70. The summed E-state index contributed by atoms with van der Waals surface area (Å²) in [6, 6.07) is 7.44. The van der Waals surface area contributed by atoms with Crippen LogP contribution < -0.4 is 15.0 Å². The molecule has 26 heavy (non-hydrogen) atoms. The standard InChI is InChI=1S/C19H21N3O3S/c1-2-25-16-6-4-3-5-15(16)22-10-13(9-17(22)23)18(24)21-19-20-14(11-26-19)12-7-8-12/h3-6,11-13H,2,7-10H2,1H3,(H,20,21,24). The number of carbonyl (C=O) groups is 2. The number of para-hydroxylation sites is 2. The summed E-state index contributed by atoms with van der Waals surface area (Å²) in [6.07, 6.45) is 2.57. The molecule has 2 amide bonds. The lowest BCUT2D eigenvalue weighted by molar-refractivity contribution is -0.122. The van der Waals surface area contributed by atoms with Crippen molar-refractivity contribution in [1.82, 2.24) is 4.98 Å². The highest BCUT2D eigenvalue weighted by molar-refractivity contribution is 7.13. The van der Waals surface area contributed by atoms with Gasteiger partial charge in [-0.1, -0.05) is 12.1 Å². The Labute approximate surface area is 156 Å². The number of anilines is 2. The van der Waals surface area contributed by atoms with E-state index in [1.807, 2.05) is 36.6 Å². The molecule has 1 aromatic heterocycles. The largest absolute Gasteiger partial charge is 0.492 e. The summed E-state index contributed by atoms with van der Waals surface area (Å²) in [5.41, 5.74) is 1.79. The minimum atomic E-state index is -0.384. The van der Waals surface area contributed by atoms with Crippen molar-refractivity contribution in [3.63, 3.8) is 0 Å². The molecule has 2 aliphatic rings. The number of carbonyl (C=O) groups excluding carboxylic acids is 2. The monoisotopic (exact) mass is 371 g/mol. The van der Waals surface area contributed by atoms with Gasteiger partial charge in [0.05, 0.1) is 23.9 Å². The average Bonchev–Trinajstić information content (AvgIpc) is 3.26. The number of ether oxygens (including phenoxy) is 1. The second-order valence-corrected chi connectivity index (χ2v) is 7.51. The van der Waals surface area contributed by atoms with Crippen molar-refractivity contribution in [3.05, 3.63) is 35.3 Å². The molecule has 0 bridgehead atoms. The number of amides is 2. The Hall–Kier alpha value is -2.41. The third kappa shape index (κ3) is 3.44. The lowest BCUT2D eigenvalue weighted by Gasteiger charge is -2.20. The molecule has 1 N–H and O–H groups in total. The first-order valence-electron chi connectivity index (χ1n) is 8.94. The maximum atomic E-state index is 12.6. The Bertz CT molecular complexity index is 831. The Kier molecular flexibility index (Phi) is 4.63. The lowest BCUT2D eigenvalue weighted by atomic mass is 10.1. The summed E-state index contributed by atoms with van der Waals surface area (Å²) < 4.78 is 5.62. The predicted molar refractivity (Wildman–Crippen MR) is 101 cm³/mol. The van der Waals surface area contributed by atoms with E-state index >= 15 is 0 Å². The van der Waals surface area contributed by atoms with Gasteiger partial charge < -0.3 is 15.0 Å².